The van der Waals surface area contributed by atoms with Crippen LogP contribution in [0.3, 0.4) is 0 Å². The van der Waals surface area contributed by atoms with Crippen molar-refractivity contribution >= 4 is 5.91 Å². The molecule has 138 valence electrons. The van der Waals surface area contributed by atoms with Gasteiger partial charge in [0.15, 0.2) is 6.61 Å². The molecule has 2 aromatic rings. The van der Waals surface area contributed by atoms with Crippen LogP contribution < -0.4 is 9.47 Å². The van der Waals surface area contributed by atoms with E-state index in [0.717, 1.165) is 24.6 Å². The van der Waals surface area contributed by atoms with Crippen LogP contribution in [0.15, 0.2) is 48.5 Å². The van der Waals surface area contributed by atoms with Crippen molar-refractivity contribution in [2.75, 3.05) is 19.7 Å². The van der Waals surface area contributed by atoms with Crippen LogP contribution in [-0.4, -0.2) is 30.5 Å². The van der Waals surface area contributed by atoms with Gasteiger partial charge in [-0.2, -0.15) is 0 Å². The summed E-state index contributed by atoms with van der Waals surface area (Å²) < 4.78 is 11.5. The lowest BCUT2D eigenvalue weighted by molar-refractivity contribution is -0.136. The van der Waals surface area contributed by atoms with Crippen molar-refractivity contribution in [2.24, 2.45) is 11.8 Å². The van der Waals surface area contributed by atoms with Gasteiger partial charge in [-0.15, -0.1) is 0 Å². The van der Waals surface area contributed by atoms with Crippen LogP contribution in [-0.2, 0) is 4.79 Å². The lowest BCUT2D eigenvalue weighted by atomic mass is 9.92. The van der Waals surface area contributed by atoms with E-state index >= 15 is 0 Å². The molecule has 0 saturated carbocycles. The molecule has 0 radical (unpaired) electrons. The first kappa shape index (κ1) is 18.3. The number of likely N-dealkylation sites (tertiary alicyclic amines) is 1. The fourth-order valence-electron chi connectivity index (χ4n) is 3.45. The number of carbonyl (C=O) groups excluding carboxylic acids is 1. The normalized spacial score (nSPS) is 19.9. The van der Waals surface area contributed by atoms with Gasteiger partial charge in [-0.05, 0) is 61.6 Å². The summed E-state index contributed by atoms with van der Waals surface area (Å²) in [5, 5.41) is 0. The zero-order chi connectivity index (χ0) is 18.5. The summed E-state index contributed by atoms with van der Waals surface area (Å²) >= 11 is 0. The summed E-state index contributed by atoms with van der Waals surface area (Å²) in [5.41, 5.74) is 1.20. The zero-order valence-corrected chi connectivity index (χ0v) is 15.8. The molecule has 1 amide bonds. The van der Waals surface area contributed by atoms with Crippen molar-refractivity contribution < 1.29 is 14.3 Å². The second-order valence-electron chi connectivity index (χ2n) is 7.42. The van der Waals surface area contributed by atoms with Gasteiger partial charge < -0.3 is 14.4 Å². The molecular formula is C22H27NO3. The number of nitrogens with zero attached hydrogens (tertiary/aromatic N) is 1. The number of hydrogen-bond donors (Lipinski definition) is 0. The van der Waals surface area contributed by atoms with Gasteiger partial charge in [0.05, 0.1) is 0 Å². The number of hydrogen-bond acceptors (Lipinski definition) is 3. The number of ether oxygens (including phenoxy) is 2. The zero-order valence-electron chi connectivity index (χ0n) is 15.8. The van der Waals surface area contributed by atoms with E-state index in [-0.39, 0.29) is 12.5 Å². The Balaban J connectivity index is 1.51. The Morgan fingerprint density at radius 3 is 2.00 bits per heavy atom. The topological polar surface area (TPSA) is 38.8 Å². The first-order valence-electron chi connectivity index (χ1n) is 9.25. The number of carbonyl (C=O) groups is 1. The van der Waals surface area contributed by atoms with Crippen molar-refractivity contribution in [3.8, 4) is 17.2 Å². The van der Waals surface area contributed by atoms with Gasteiger partial charge in [0.25, 0.3) is 5.91 Å². The van der Waals surface area contributed by atoms with Gasteiger partial charge in [0, 0.05) is 13.1 Å². The Morgan fingerprint density at radius 2 is 1.42 bits per heavy atom. The maximum atomic E-state index is 12.4. The van der Waals surface area contributed by atoms with Crippen molar-refractivity contribution in [1.82, 2.24) is 4.90 Å². The second kappa shape index (κ2) is 8.26. The lowest BCUT2D eigenvalue weighted by Gasteiger charge is -2.34. The Bertz CT molecular complexity index is 714. The van der Waals surface area contributed by atoms with Gasteiger partial charge in [-0.1, -0.05) is 31.5 Å². The first-order valence-corrected chi connectivity index (χ1v) is 9.25. The van der Waals surface area contributed by atoms with E-state index in [1.807, 2.05) is 60.4 Å². The molecule has 4 nitrogen and oxygen atoms in total. The number of rotatable bonds is 5. The highest BCUT2D eigenvalue weighted by molar-refractivity contribution is 5.77. The largest absolute Gasteiger partial charge is 0.484 e. The number of benzene rings is 2. The molecule has 0 unspecified atom stereocenters. The van der Waals surface area contributed by atoms with Gasteiger partial charge in [-0.25, -0.2) is 0 Å². The SMILES string of the molecule is Cc1ccc(Oc2ccc(OCC(=O)N3C[C@H](C)C[C@@H](C)C3)cc2)cc1. The van der Waals surface area contributed by atoms with Gasteiger partial charge in [0.1, 0.15) is 17.2 Å². The van der Waals surface area contributed by atoms with Crippen LogP contribution in [0, 0.1) is 18.8 Å². The third-order valence-electron chi connectivity index (χ3n) is 4.66. The summed E-state index contributed by atoms with van der Waals surface area (Å²) in [6.07, 6.45) is 1.19. The van der Waals surface area contributed by atoms with E-state index in [4.69, 9.17) is 9.47 Å². The second-order valence-corrected chi connectivity index (χ2v) is 7.42. The van der Waals surface area contributed by atoms with Crippen molar-refractivity contribution in [3.63, 3.8) is 0 Å². The molecule has 4 heteroatoms. The highest BCUT2D eigenvalue weighted by Crippen LogP contribution is 2.24. The molecule has 0 aromatic heterocycles. The van der Waals surface area contributed by atoms with Crippen molar-refractivity contribution in [2.45, 2.75) is 27.2 Å². The predicted molar refractivity (Wildman–Crippen MR) is 103 cm³/mol. The summed E-state index contributed by atoms with van der Waals surface area (Å²) in [6.45, 7) is 8.18. The average molecular weight is 353 g/mol. The first-order chi connectivity index (χ1) is 12.5. The molecule has 1 heterocycles. The molecule has 1 fully saturated rings. The summed E-state index contributed by atoms with van der Waals surface area (Å²) in [5.74, 6) is 3.39. The smallest absolute Gasteiger partial charge is 0.260 e. The molecule has 0 N–H and O–H groups in total. The number of amides is 1. The fourth-order valence-corrected chi connectivity index (χ4v) is 3.45. The van der Waals surface area contributed by atoms with Gasteiger partial charge in [-0.3, -0.25) is 4.79 Å². The standard InChI is InChI=1S/C22H27NO3/c1-16-4-6-20(7-5-16)26-21-10-8-19(9-11-21)25-15-22(24)23-13-17(2)12-18(3)14-23/h4-11,17-18H,12-15H2,1-3H3/t17-,18-/m1/s1. The predicted octanol–water partition coefficient (Wildman–Crippen LogP) is 4.67. The Kier molecular flexibility index (Phi) is 5.82. The molecule has 1 aliphatic heterocycles. The summed E-state index contributed by atoms with van der Waals surface area (Å²) in [4.78, 5) is 14.3. The van der Waals surface area contributed by atoms with Crippen LogP contribution in [0.1, 0.15) is 25.8 Å². The molecule has 3 rings (SSSR count). The molecule has 26 heavy (non-hydrogen) atoms. The van der Waals surface area contributed by atoms with Crippen LogP contribution in [0.2, 0.25) is 0 Å². The molecule has 2 atom stereocenters. The number of aryl methyl sites for hydroxylation is 1. The monoisotopic (exact) mass is 353 g/mol. The van der Waals surface area contributed by atoms with Crippen LogP contribution in [0.5, 0.6) is 17.2 Å². The summed E-state index contributed by atoms with van der Waals surface area (Å²) in [7, 11) is 0. The quantitative estimate of drug-likeness (QED) is 0.784. The third kappa shape index (κ3) is 5.01. The third-order valence-corrected chi connectivity index (χ3v) is 4.66. The minimum absolute atomic E-state index is 0.0587. The fraction of sp³-hybridized carbons (Fsp3) is 0.409. The molecule has 1 saturated heterocycles. The maximum Gasteiger partial charge on any atom is 0.260 e. The number of piperidine rings is 1. The Labute approximate surface area is 155 Å². The Morgan fingerprint density at radius 1 is 0.923 bits per heavy atom. The summed E-state index contributed by atoms with van der Waals surface area (Å²) in [6, 6.07) is 15.3. The van der Waals surface area contributed by atoms with Gasteiger partial charge in [0.2, 0.25) is 0 Å². The average Bonchev–Trinajstić information content (AvgIpc) is 2.62. The molecule has 0 spiro atoms. The van der Waals surface area contributed by atoms with Crippen LogP contribution >= 0.6 is 0 Å². The lowest BCUT2D eigenvalue weighted by Crippen LogP contribution is -2.44. The minimum atomic E-state index is 0.0587. The van der Waals surface area contributed by atoms with E-state index in [2.05, 4.69) is 13.8 Å². The molecule has 0 aliphatic carbocycles. The van der Waals surface area contributed by atoms with E-state index < -0.39 is 0 Å². The molecule has 2 aromatic carbocycles. The molecular weight excluding hydrogens is 326 g/mol. The van der Waals surface area contributed by atoms with E-state index in [9.17, 15) is 4.79 Å². The highest BCUT2D eigenvalue weighted by atomic mass is 16.5. The van der Waals surface area contributed by atoms with Crippen molar-refractivity contribution in [3.05, 3.63) is 54.1 Å². The minimum Gasteiger partial charge on any atom is -0.484 e. The highest BCUT2D eigenvalue weighted by Gasteiger charge is 2.25. The van der Waals surface area contributed by atoms with E-state index in [1.54, 1.807) is 0 Å². The van der Waals surface area contributed by atoms with Crippen LogP contribution in [0.4, 0.5) is 0 Å². The van der Waals surface area contributed by atoms with Crippen molar-refractivity contribution in [1.29, 1.82) is 0 Å². The maximum absolute atomic E-state index is 12.4. The molecule has 0 bridgehead atoms. The van der Waals surface area contributed by atoms with Crippen LogP contribution in [0.25, 0.3) is 0 Å². The van der Waals surface area contributed by atoms with E-state index in [0.29, 0.717) is 17.6 Å². The van der Waals surface area contributed by atoms with E-state index in [1.165, 1.54) is 12.0 Å². The Hall–Kier alpha value is -2.49. The molecule has 1 aliphatic rings. The van der Waals surface area contributed by atoms with Gasteiger partial charge >= 0.3 is 0 Å².